The van der Waals surface area contributed by atoms with Gasteiger partial charge in [-0.25, -0.2) is 0 Å². The van der Waals surface area contributed by atoms with Gasteiger partial charge in [-0.15, -0.1) is 0 Å². The quantitative estimate of drug-likeness (QED) is 0.0199. The van der Waals surface area contributed by atoms with Crippen molar-refractivity contribution in [2.45, 2.75) is 381 Å². The van der Waals surface area contributed by atoms with Crippen LogP contribution in [0.1, 0.15) is 277 Å². The summed E-state index contributed by atoms with van der Waals surface area (Å²) in [6, 6.07) is -0.994. The van der Waals surface area contributed by atoms with Gasteiger partial charge in [0.15, 0.2) is 18.9 Å². The molecule has 17 unspecified atom stereocenters. The maximum atomic E-state index is 13.4. The first-order valence-corrected chi connectivity index (χ1v) is 36.2. The van der Waals surface area contributed by atoms with E-state index in [0.29, 0.717) is 12.8 Å². The van der Waals surface area contributed by atoms with Crippen LogP contribution in [0.25, 0.3) is 0 Å². The number of rotatable bonds is 56. The van der Waals surface area contributed by atoms with Gasteiger partial charge in [0.1, 0.15) is 73.2 Å². The normalized spacial score (nSPS) is 28.2. The fourth-order valence-electron chi connectivity index (χ4n) is 12.3. The van der Waals surface area contributed by atoms with Gasteiger partial charge in [0, 0.05) is 6.42 Å². The number of aliphatic hydroxyl groups is 11. The Morgan fingerprint density at radius 1 is 0.389 bits per heavy atom. The molecule has 0 bridgehead atoms. The maximum Gasteiger partial charge on any atom is 0.220 e. The first kappa shape index (κ1) is 82.2. The van der Waals surface area contributed by atoms with Crippen molar-refractivity contribution in [1.82, 2.24) is 5.32 Å². The largest absolute Gasteiger partial charge is 0.394 e. The van der Waals surface area contributed by atoms with Crippen LogP contribution in [0.3, 0.4) is 0 Å². The van der Waals surface area contributed by atoms with Crippen LogP contribution < -0.4 is 5.32 Å². The molecule has 0 aliphatic carbocycles. The predicted octanol–water partition coefficient (Wildman–Crippen LogP) is 10.00. The summed E-state index contributed by atoms with van der Waals surface area (Å²) in [4.78, 5) is 13.4. The van der Waals surface area contributed by atoms with E-state index in [1.54, 1.807) is 6.08 Å². The molecular formula is C71H131NO18. The summed E-state index contributed by atoms with van der Waals surface area (Å²) in [5.74, 6) is -0.288. The minimum atomic E-state index is -1.98. The molecule has 12 N–H and O–H groups in total. The van der Waals surface area contributed by atoms with Gasteiger partial charge in [0.25, 0.3) is 0 Å². The van der Waals surface area contributed by atoms with Crippen LogP contribution in [0.15, 0.2) is 36.5 Å². The van der Waals surface area contributed by atoms with Gasteiger partial charge >= 0.3 is 0 Å². The van der Waals surface area contributed by atoms with Crippen LogP contribution in [0, 0.1) is 0 Å². The summed E-state index contributed by atoms with van der Waals surface area (Å²) >= 11 is 0. The zero-order valence-electron chi connectivity index (χ0n) is 55.9. The minimum Gasteiger partial charge on any atom is -0.394 e. The summed E-state index contributed by atoms with van der Waals surface area (Å²) in [6.07, 6.45) is 35.8. The van der Waals surface area contributed by atoms with E-state index < -0.39 is 124 Å². The average Bonchev–Trinajstić information content (AvgIpc) is 0.853. The minimum absolute atomic E-state index is 0.235. The van der Waals surface area contributed by atoms with Crippen LogP contribution in [0.5, 0.6) is 0 Å². The molecule has 0 spiro atoms. The van der Waals surface area contributed by atoms with Gasteiger partial charge in [-0.1, -0.05) is 262 Å². The van der Waals surface area contributed by atoms with Gasteiger partial charge in [0.05, 0.1) is 38.6 Å². The fraction of sp³-hybridized carbons (Fsp3) is 0.901. The highest BCUT2D eigenvalue weighted by molar-refractivity contribution is 5.76. The van der Waals surface area contributed by atoms with Gasteiger partial charge in [-0.2, -0.15) is 0 Å². The Bertz CT molecular complexity index is 1780. The molecule has 90 heavy (non-hydrogen) atoms. The molecule has 0 radical (unpaired) electrons. The Balaban J connectivity index is 1.39. The molecular weight excluding hydrogens is 1150 g/mol. The summed E-state index contributed by atoms with van der Waals surface area (Å²) < 4.78 is 34.3. The van der Waals surface area contributed by atoms with E-state index in [2.05, 4.69) is 43.5 Å². The SMILES string of the molecule is CCCCCCCCCCCCCCCCCCCCCCCC/C=C/CC/C=C/CC/C=C/C(O)C(COC1OC(CO)C(OC2OC(CO)C(OC3OC(CO)C(O)C(O)C3O)C(O)C2O)C(O)C1O)NC(=O)CCCCCCCCCCCCCCC. The number of hydrogen-bond acceptors (Lipinski definition) is 18. The molecule has 1 amide bonds. The molecule has 3 heterocycles. The highest BCUT2D eigenvalue weighted by atomic mass is 16.8. The van der Waals surface area contributed by atoms with Gasteiger partial charge in [-0.3, -0.25) is 4.79 Å². The number of unbranched alkanes of at least 4 members (excludes halogenated alkanes) is 36. The van der Waals surface area contributed by atoms with E-state index in [4.69, 9.17) is 28.4 Å². The molecule has 17 atom stereocenters. The van der Waals surface area contributed by atoms with Crippen molar-refractivity contribution in [3.63, 3.8) is 0 Å². The molecule has 3 fully saturated rings. The number of carbonyl (C=O) groups is 1. The van der Waals surface area contributed by atoms with E-state index >= 15 is 0 Å². The van der Waals surface area contributed by atoms with Crippen molar-refractivity contribution < 1.29 is 89.4 Å². The van der Waals surface area contributed by atoms with E-state index in [1.165, 1.54) is 199 Å². The van der Waals surface area contributed by atoms with Crippen LogP contribution in [-0.2, 0) is 33.2 Å². The van der Waals surface area contributed by atoms with Gasteiger partial charge < -0.3 is 89.9 Å². The molecule has 3 rings (SSSR count). The van der Waals surface area contributed by atoms with Gasteiger partial charge in [-0.05, 0) is 44.9 Å². The molecule has 0 aromatic carbocycles. The zero-order valence-corrected chi connectivity index (χ0v) is 55.9. The average molecular weight is 1290 g/mol. The maximum absolute atomic E-state index is 13.4. The fourth-order valence-corrected chi connectivity index (χ4v) is 12.3. The second-order valence-corrected chi connectivity index (χ2v) is 26.0. The molecule has 3 aliphatic heterocycles. The first-order valence-electron chi connectivity index (χ1n) is 36.2. The van der Waals surface area contributed by atoms with Gasteiger partial charge in [0.2, 0.25) is 5.91 Å². The number of ether oxygens (including phenoxy) is 6. The van der Waals surface area contributed by atoms with Crippen LogP contribution in [-0.4, -0.2) is 193 Å². The Morgan fingerprint density at radius 3 is 1.11 bits per heavy atom. The van der Waals surface area contributed by atoms with E-state index in [1.807, 2.05) is 6.08 Å². The second-order valence-electron chi connectivity index (χ2n) is 26.0. The second kappa shape index (κ2) is 53.2. The van der Waals surface area contributed by atoms with Crippen LogP contribution in [0.4, 0.5) is 0 Å². The number of allylic oxidation sites excluding steroid dienone is 5. The molecule has 0 saturated carbocycles. The Hall–Kier alpha value is -1.99. The third-order valence-electron chi connectivity index (χ3n) is 18.2. The molecule has 19 nitrogen and oxygen atoms in total. The number of carbonyl (C=O) groups excluding carboxylic acids is 1. The van der Waals surface area contributed by atoms with Crippen molar-refractivity contribution in [2.24, 2.45) is 0 Å². The summed E-state index contributed by atoms with van der Waals surface area (Å²) in [5.41, 5.74) is 0. The number of amides is 1. The first-order chi connectivity index (χ1) is 43.8. The summed E-state index contributed by atoms with van der Waals surface area (Å²) in [5, 5.41) is 120. The predicted molar refractivity (Wildman–Crippen MR) is 351 cm³/mol. The Morgan fingerprint density at radius 2 is 0.711 bits per heavy atom. The molecule has 3 aliphatic rings. The molecule has 19 heteroatoms. The smallest absolute Gasteiger partial charge is 0.220 e. The van der Waals surface area contributed by atoms with E-state index in [9.17, 15) is 61.0 Å². The summed E-state index contributed by atoms with van der Waals surface area (Å²) in [6.45, 7) is 1.72. The summed E-state index contributed by atoms with van der Waals surface area (Å²) in [7, 11) is 0. The lowest BCUT2D eigenvalue weighted by molar-refractivity contribution is -0.379. The zero-order chi connectivity index (χ0) is 65.4. The lowest BCUT2D eigenvalue weighted by Gasteiger charge is -2.48. The van der Waals surface area contributed by atoms with E-state index in [0.717, 1.165) is 44.9 Å². The molecule has 0 aromatic heterocycles. The van der Waals surface area contributed by atoms with Crippen molar-refractivity contribution >= 4 is 5.91 Å². The third-order valence-corrected chi connectivity index (χ3v) is 18.2. The standard InChI is InChI=1S/C71H131NO18/c1-3-5-7-9-11-13-15-17-18-19-20-21-22-23-24-25-26-27-28-29-30-31-32-33-34-35-37-38-40-42-44-46-48-55(76)54(72-59(77)49-47-45-43-41-39-36-16-14-12-10-8-6-4-2)53-85-69-65(83)62(80)67(57(51-74)87-69)90-71-66(84)63(81)68(58(52-75)88-71)89-70-64(82)61(79)60(78)56(50-73)86-70/h33-34,38,40,46,48,54-58,60-71,73-76,78-84H,3-32,35-37,39,41-45,47,49-53H2,1-2H3,(H,72,77)/b34-33+,40-38+,48-46+. The topological polar surface area (TPSA) is 307 Å². The van der Waals surface area contributed by atoms with Crippen molar-refractivity contribution in [3.8, 4) is 0 Å². The molecule has 528 valence electrons. The molecule has 0 aromatic rings. The van der Waals surface area contributed by atoms with Crippen molar-refractivity contribution in [3.05, 3.63) is 36.5 Å². The number of aliphatic hydroxyl groups excluding tert-OH is 11. The Labute approximate surface area is 542 Å². The highest BCUT2D eigenvalue weighted by Crippen LogP contribution is 2.33. The lowest BCUT2D eigenvalue weighted by Crippen LogP contribution is -2.66. The number of nitrogens with one attached hydrogen (secondary N) is 1. The monoisotopic (exact) mass is 1290 g/mol. The molecule has 3 saturated heterocycles. The Kier molecular flexibility index (Phi) is 48.6. The van der Waals surface area contributed by atoms with E-state index in [-0.39, 0.29) is 18.9 Å². The van der Waals surface area contributed by atoms with Crippen LogP contribution in [0.2, 0.25) is 0 Å². The van der Waals surface area contributed by atoms with Crippen molar-refractivity contribution in [1.29, 1.82) is 0 Å². The van der Waals surface area contributed by atoms with Crippen LogP contribution >= 0.6 is 0 Å². The highest BCUT2D eigenvalue weighted by Gasteiger charge is 2.53. The van der Waals surface area contributed by atoms with Crippen molar-refractivity contribution in [2.75, 3.05) is 26.4 Å². The number of hydrogen-bond donors (Lipinski definition) is 12. The third kappa shape index (κ3) is 34.6. The lowest BCUT2D eigenvalue weighted by atomic mass is 9.96.